The van der Waals surface area contributed by atoms with E-state index in [1.54, 1.807) is 6.07 Å². The van der Waals surface area contributed by atoms with Crippen LogP contribution in [0.3, 0.4) is 0 Å². The number of halogens is 3. The molecule has 0 aliphatic carbocycles. The van der Waals surface area contributed by atoms with Gasteiger partial charge in [0.2, 0.25) is 5.76 Å². The number of carbonyl (C=O) groups excluding carboxylic acids is 1. The fourth-order valence-electron chi connectivity index (χ4n) is 1.44. The van der Waals surface area contributed by atoms with Gasteiger partial charge in [-0.15, -0.1) is 0 Å². The molecule has 0 fully saturated rings. The summed E-state index contributed by atoms with van der Waals surface area (Å²) in [7, 11) is 1.24. The number of hydrogen-bond donors (Lipinski definition) is 0. The van der Waals surface area contributed by atoms with Gasteiger partial charge in [0.05, 0.1) is 23.5 Å². The number of rotatable bonds is 4. The Balaban J connectivity index is 1.97. The van der Waals surface area contributed by atoms with Gasteiger partial charge in [0.1, 0.15) is 5.76 Å². The van der Waals surface area contributed by atoms with Crippen molar-refractivity contribution in [1.82, 2.24) is 4.98 Å². The predicted molar refractivity (Wildman–Crippen MR) is 68.8 cm³/mol. The molecule has 0 aliphatic rings. The van der Waals surface area contributed by atoms with E-state index in [2.05, 4.69) is 9.72 Å². The second-order valence-corrected chi connectivity index (χ2v) is 4.92. The van der Waals surface area contributed by atoms with E-state index in [0.717, 1.165) is 12.3 Å². The summed E-state index contributed by atoms with van der Waals surface area (Å²) in [6.07, 6.45) is -3.61. The molecule has 2 heterocycles. The quantitative estimate of drug-likeness (QED) is 0.634. The van der Waals surface area contributed by atoms with Crippen molar-refractivity contribution in [1.29, 1.82) is 0 Å². The maximum atomic E-state index is 12.4. The molecule has 0 atom stereocenters. The summed E-state index contributed by atoms with van der Waals surface area (Å²) < 4.78 is 46.9. The number of furan rings is 1. The van der Waals surface area contributed by atoms with Crippen LogP contribution in [0, 0.1) is 0 Å². The lowest BCUT2D eigenvalue weighted by atomic mass is 10.3. The van der Waals surface area contributed by atoms with Crippen molar-refractivity contribution in [3.8, 4) is 0 Å². The Morgan fingerprint density at radius 1 is 1.33 bits per heavy atom. The average molecular weight is 317 g/mol. The van der Waals surface area contributed by atoms with Crippen molar-refractivity contribution in [3.05, 3.63) is 47.5 Å². The van der Waals surface area contributed by atoms with E-state index in [9.17, 15) is 18.0 Å². The van der Waals surface area contributed by atoms with Crippen LogP contribution in [0.5, 0.6) is 0 Å². The molecule has 0 aromatic carbocycles. The molecule has 0 aliphatic heterocycles. The predicted octanol–water partition coefficient (Wildman–Crippen LogP) is 3.77. The fourth-order valence-corrected chi connectivity index (χ4v) is 2.18. The second-order valence-electron chi connectivity index (χ2n) is 3.93. The number of thioether (sulfide) groups is 1. The molecular formula is C13H10F3NO3S. The largest absolute Gasteiger partial charge is 0.463 e. The number of hydrogen-bond acceptors (Lipinski definition) is 5. The first-order valence-electron chi connectivity index (χ1n) is 5.73. The van der Waals surface area contributed by atoms with Crippen molar-refractivity contribution < 1.29 is 27.1 Å². The van der Waals surface area contributed by atoms with Gasteiger partial charge in [0.15, 0.2) is 0 Å². The van der Waals surface area contributed by atoms with Crippen molar-refractivity contribution >= 4 is 17.7 Å². The zero-order chi connectivity index (χ0) is 15.5. The van der Waals surface area contributed by atoms with Crippen LogP contribution in [0.15, 0.2) is 39.9 Å². The highest BCUT2D eigenvalue weighted by Gasteiger charge is 2.30. The van der Waals surface area contributed by atoms with Crippen molar-refractivity contribution in [2.24, 2.45) is 0 Å². The third-order valence-electron chi connectivity index (χ3n) is 2.47. The highest BCUT2D eigenvalue weighted by atomic mass is 32.2. The summed E-state index contributed by atoms with van der Waals surface area (Å²) >= 11 is 1.20. The minimum Gasteiger partial charge on any atom is -0.463 e. The molecule has 112 valence electrons. The second kappa shape index (κ2) is 6.21. The number of carbonyl (C=O) groups is 1. The number of nitrogens with zero attached hydrogens (tertiary/aromatic N) is 1. The molecule has 0 unspecified atom stereocenters. The number of pyridine rings is 1. The summed E-state index contributed by atoms with van der Waals surface area (Å²) in [6, 6.07) is 5.33. The standard InChI is InChI=1S/C13H10F3NO3S/c1-19-12(18)10-4-3-9(20-10)7-21-11-5-2-8(6-17-11)13(14,15)16/h2-6H,7H2,1H3. The summed E-state index contributed by atoms with van der Waals surface area (Å²) in [5, 5.41) is 0.430. The molecule has 0 amide bonds. The summed E-state index contributed by atoms with van der Waals surface area (Å²) in [5.74, 6) is 0.338. The molecule has 0 bridgehead atoms. The fraction of sp³-hybridized carbons (Fsp3) is 0.231. The first-order valence-corrected chi connectivity index (χ1v) is 6.72. The van der Waals surface area contributed by atoms with Crippen LogP contribution in [0.25, 0.3) is 0 Å². The Labute approximate surface area is 122 Å². The van der Waals surface area contributed by atoms with Crippen molar-refractivity contribution in [3.63, 3.8) is 0 Å². The highest BCUT2D eigenvalue weighted by Crippen LogP contribution is 2.30. The third-order valence-corrected chi connectivity index (χ3v) is 3.44. The molecule has 0 radical (unpaired) electrons. The smallest absolute Gasteiger partial charge is 0.417 e. The Bertz CT molecular complexity index is 622. The minimum absolute atomic E-state index is 0.0773. The van der Waals surface area contributed by atoms with Gasteiger partial charge in [-0.3, -0.25) is 0 Å². The Morgan fingerprint density at radius 3 is 2.67 bits per heavy atom. The lowest BCUT2D eigenvalue weighted by molar-refractivity contribution is -0.137. The van der Waals surface area contributed by atoms with Gasteiger partial charge in [-0.1, -0.05) is 11.8 Å². The summed E-state index contributed by atoms with van der Waals surface area (Å²) in [5.41, 5.74) is -0.794. The number of ether oxygens (including phenoxy) is 1. The van der Waals surface area contributed by atoms with E-state index in [4.69, 9.17) is 4.42 Å². The van der Waals surface area contributed by atoms with Crippen molar-refractivity contribution in [2.45, 2.75) is 17.0 Å². The number of esters is 1. The van der Waals surface area contributed by atoms with E-state index in [1.807, 2.05) is 0 Å². The first kappa shape index (κ1) is 15.4. The van der Waals surface area contributed by atoms with Crippen LogP contribution in [-0.2, 0) is 16.7 Å². The number of alkyl halides is 3. The van der Waals surface area contributed by atoms with Crippen molar-refractivity contribution in [2.75, 3.05) is 7.11 Å². The van der Waals surface area contributed by atoms with Gasteiger partial charge in [0, 0.05) is 6.20 Å². The lowest BCUT2D eigenvalue weighted by Crippen LogP contribution is -2.05. The Hall–Kier alpha value is -1.96. The molecular weight excluding hydrogens is 307 g/mol. The van der Waals surface area contributed by atoms with Gasteiger partial charge in [-0.05, 0) is 24.3 Å². The molecule has 2 aromatic rings. The van der Waals surface area contributed by atoms with Gasteiger partial charge >= 0.3 is 12.1 Å². The normalized spacial score (nSPS) is 11.4. The van der Waals surface area contributed by atoms with Gasteiger partial charge in [-0.25, -0.2) is 9.78 Å². The maximum absolute atomic E-state index is 12.4. The maximum Gasteiger partial charge on any atom is 0.417 e. The minimum atomic E-state index is -4.40. The molecule has 0 spiro atoms. The monoisotopic (exact) mass is 317 g/mol. The van der Waals surface area contributed by atoms with Gasteiger partial charge < -0.3 is 9.15 Å². The van der Waals surface area contributed by atoms with E-state index >= 15 is 0 Å². The molecule has 4 nitrogen and oxygen atoms in total. The summed E-state index contributed by atoms with van der Waals surface area (Å²) in [4.78, 5) is 14.9. The van der Waals surface area contributed by atoms with Gasteiger partial charge in [0.25, 0.3) is 0 Å². The van der Waals surface area contributed by atoms with Crippen LogP contribution in [-0.4, -0.2) is 18.1 Å². The SMILES string of the molecule is COC(=O)c1ccc(CSc2ccc(C(F)(F)F)cn2)o1. The third kappa shape index (κ3) is 4.01. The zero-order valence-electron chi connectivity index (χ0n) is 10.8. The lowest BCUT2D eigenvalue weighted by Gasteiger charge is -2.06. The summed E-state index contributed by atoms with van der Waals surface area (Å²) in [6.45, 7) is 0. The van der Waals surface area contributed by atoms with E-state index in [-0.39, 0.29) is 5.76 Å². The Kier molecular flexibility index (Phi) is 4.56. The van der Waals surface area contributed by atoms with Crippen LogP contribution in [0.2, 0.25) is 0 Å². The first-order chi connectivity index (χ1) is 9.90. The van der Waals surface area contributed by atoms with Crippen LogP contribution < -0.4 is 0 Å². The van der Waals surface area contributed by atoms with E-state index in [0.29, 0.717) is 16.5 Å². The number of aromatic nitrogens is 1. The average Bonchev–Trinajstić information content (AvgIpc) is 2.92. The number of methoxy groups -OCH3 is 1. The molecule has 21 heavy (non-hydrogen) atoms. The molecule has 0 saturated carbocycles. The van der Waals surface area contributed by atoms with Crippen LogP contribution >= 0.6 is 11.8 Å². The molecule has 0 saturated heterocycles. The van der Waals surface area contributed by atoms with E-state index in [1.165, 1.54) is 31.0 Å². The molecule has 8 heteroatoms. The topological polar surface area (TPSA) is 52.3 Å². The zero-order valence-corrected chi connectivity index (χ0v) is 11.6. The molecule has 0 N–H and O–H groups in total. The Morgan fingerprint density at radius 2 is 2.10 bits per heavy atom. The van der Waals surface area contributed by atoms with E-state index < -0.39 is 17.7 Å². The molecule has 2 rings (SSSR count). The van der Waals surface area contributed by atoms with Crippen LogP contribution in [0.4, 0.5) is 13.2 Å². The highest BCUT2D eigenvalue weighted by molar-refractivity contribution is 7.98. The van der Waals surface area contributed by atoms with Gasteiger partial charge in [-0.2, -0.15) is 13.2 Å². The molecule has 2 aromatic heterocycles. The van der Waals surface area contributed by atoms with Crippen LogP contribution in [0.1, 0.15) is 21.9 Å².